The molecular formula is C9H9ClF3N. The topological polar surface area (TPSA) is 12.0 Å². The number of nitrogens with one attached hydrogen (secondary N) is 1. The Morgan fingerprint density at radius 3 is 2.21 bits per heavy atom. The Bertz CT molecular complexity index is 339. The van der Waals surface area contributed by atoms with Crippen LogP contribution in [0.15, 0.2) is 12.1 Å². The summed E-state index contributed by atoms with van der Waals surface area (Å²) in [5.41, 5.74) is -0.175. The summed E-state index contributed by atoms with van der Waals surface area (Å²) in [6.45, 7) is 0.722. The molecule has 1 N–H and O–H groups in total. The molecule has 1 heterocycles. The number of hydrogen-bond acceptors (Lipinski definition) is 1. The highest BCUT2D eigenvalue weighted by Gasteiger charge is 2.26. The van der Waals surface area contributed by atoms with Crippen molar-refractivity contribution in [1.82, 2.24) is 5.32 Å². The number of halogens is 4. The van der Waals surface area contributed by atoms with E-state index in [1.165, 1.54) is 0 Å². The van der Waals surface area contributed by atoms with E-state index in [4.69, 9.17) is 0 Å². The third-order valence-corrected chi connectivity index (χ3v) is 2.25. The molecule has 0 aliphatic carbocycles. The molecule has 1 aromatic carbocycles. The summed E-state index contributed by atoms with van der Waals surface area (Å²) >= 11 is 0. The van der Waals surface area contributed by atoms with Gasteiger partial charge in [0.1, 0.15) is 5.82 Å². The molecule has 1 fully saturated rings. The molecule has 1 aliphatic heterocycles. The maximum Gasteiger partial charge on any atom is 0.166 e. The van der Waals surface area contributed by atoms with Gasteiger partial charge in [-0.2, -0.15) is 0 Å². The smallest absolute Gasteiger partial charge is 0.166 e. The van der Waals surface area contributed by atoms with Crippen LogP contribution < -0.4 is 5.32 Å². The third kappa shape index (κ3) is 1.72. The first-order chi connectivity index (χ1) is 6.20. The summed E-state index contributed by atoms with van der Waals surface area (Å²) in [5, 5.41) is 2.82. The van der Waals surface area contributed by atoms with Gasteiger partial charge in [-0.1, -0.05) is 0 Å². The van der Waals surface area contributed by atoms with E-state index in [0.29, 0.717) is 6.42 Å². The number of rotatable bonds is 1. The fraction of sp³-hybridized carbons (Fsp3) is 0.333. The van der Waals surface area contributed by atoms with Gasteiger partial charge < -0.3 is 5.32 Å². The predicted octanol–water partition coefficient (Wildman–Crippen LogP) is 2.56. The van der Waals surface area contributed by atoms with Gasteiger partial charge in [-0.05, 0) is 25.1 Å². The Morgan fingerprint density at radius 2 is 1.71 bits per heavy atom. The zero-order chi connectivity index (χ0) is 9.42. The average Bonchev–Trinajstić information content (AvgIpc) is 2.02. The monoisotopic (exact) mass is 223 g/mol. The van der Waals surface area contributed by atoms with E-state index in [1.54, 1.807) is 0 Å². The van der Waals surface area contributed by atoms with Gasteiger partial charge in [-0.3, -0.25) is 0 Å². The minimum Gasteiger partial charge on any atom is -0.310 e. The van der Waals surface area contributed by atoms with Crippen molar-refractivity contribution in [3.05, 3.63) is 35.1 Å². The Kier molecular flexibility index (Phi) is 3.39. The molecular weight excluding hydrogens is 215 g/mol. The van der Waals surface area contributed by atoms with Gasteiger partial charge in [0.15, 0.2) is 11.6 Å². The molecule has 1 aromatic rings. The van der Waals surface area contributed by atoms with Crippen molar-refractivity contribution in [3.63, 3.8) is 0 Å². The molecule has 0 unspecified atom stereocenters. The van der Waals surface area contributed by atoms with E-state index >= 15 is 0 Å². The fourth-order valence-corrected chi connectivity index (χ4v) is 1.40. The van der Waals surface area contributed by atoms with Crippen LogP contribution in [0.1, 0.15) is 18.0 Å². The summed E-state index contributed by atoms with van der Waals surface area (Å²) in [4.78, 5) is 0. The van der Waals surface area contributed by atoms with Crippen molar-refractivity contribution in [3.8, 4) is 0 Å². The van der Waals surface area contributed by atoms with E-state index in [0.717, 1.165) is 18.7 Å². The molecule has 0 spiro atoms. The first kappa shape index (κ1) is 11.3. The van der Waals surface area contributed by atoms with Crippen LogP contribution in [0.2, 0.25) is 0 Å². The second-order valence-corrected chi connectivity index (χ2v) is 3.05. The zero-order valence-electron chi connectivity index (χ0n) is 7.19. The van der Waals surface area contributed by atoms with E-state index in [-0.39, 0.29) is 24.0 Å². The summed E-state index contributed by atoms with van der Waals surface area (Å²) in [6, 6.07) is 1.39. The van der Waals surface area contributed by atoms with Gasteiger partial charge in [0.2, 0.25) is 0 Å². The molecule has 0 amide bonds. The minimum absolute atomic E-state index is 0. The normalized spacial score (nSPS) is 19.8. The maximum absolute atomic E-state index is 13.1. The highest BCUT2D eigenvalue weighted by Crippen LogP contribution is 2.28. The van der Waals surface area contributed by atoms with E-state index in [1.807, 2.05) is 0 Å². The highest BCUT2D eigenvalue weighted by atomic mass is 35.5. The van der Waals surface area contributed by atoms with E-state index in [2.05, 4.69) is 5.32 Å². The third-order valence-electron chi connectivity index (χ3n) is 2.25. The van der Waals surface area contributed by atoms with Crippen LogP contribution in [-0.4, -0.2) is 6.54 Å². The van der Waals surface area contributed by atoms with Crippen molar-refractivity contribution >= 4 is 12.4 Å². The lowest BCUT2D eigenvalue weighted by Gasteiger charge is -2.28. The summed E-state index contributed by atoms with van der Waals surface area (Å²) in [7, 11) is 0. The summed E-state index contributed by atoms with van der Waals surface area (Å²) < 4.78 is 38.8. The van der Waals surface area contributed by atoms with Gasteiger partial charge in [-0.15, -0.1) is 12.4 Å². The lowest BCUT2D eigenvalue weighted by atomic mass is 9.97. The molecule has 1 nitrogen and oxygen atoms in total. The molecule has 14 heavy (non-hydrogen) atoms. The molecule has 0 bridgehead atoms. The van der Waals surface area contributed by atoms with Gasteiger partial charge in [0.05, 0.1) is 0 Å². The lowest BCUT2D eigenvalue weighted by molar-refractivity contribution is 0.348. The SMILES string of the molecule is Cl.Fc1ccc(F)c([C@@H]2CCN2)c1F. The Morgan fingerprint density at radius 1 is 1.14 bits per heavy atom. The van der Waals surface area contributed by atoms with Gasteiger partial charge in [0.25, 0.3) is 0 Å². The minimum atomic E-state index is -1.07. The Labute approximate surface area is 85.7 Å². The standard InChI is InChI=1S/C9H8F3N.ClH/c10-5-1-2-6(11)9(12)8(5)7-3-4-13-7;/h1-2,7,13H,3-4H2;1H/t7-;/m0./s1. The van der Waals surface area contributed by atoms with Crippen molar-refractivity contribution in [2.24, 2.45) is 0 Å². The average molecular weight is 224 g/mol. The van der Waals surface area contributed by atoms with Gasteiger partial charge >= 0.3 is 0 Å². The Hall–Kier alpha value is -0.740. The molecule has 78 valence electrons. The predicted molar refractivity (Wildman–Crippen MR) is 48.9 cm³/mol. The van der Waals surface area contributed by atoms with Crippen LogP contribution in [-0.2, 0) is 0 Å². The number of hydrogen-bond donors (Lipinski definition) is 1. The second-order valence-electron chi connectivity index (χ2n) is 3.05. The molecule has 5 heteroatoms. The Balaban J connectivity index is 0.000000980. The van der Waals surface area contributed by atoms with Crippen molar-refractivity contribution in [1.29, 1.82) is 0 Å². The molecule has 1 saturated heterocycles. The van der Waals surface area contributed by atoms with E-state index < -0.39 is 17.5 Å². The van der Waals surface area contributed by atoms with Gasteiger partial charge in [-0.25, -0.2) is 13.2 Å². The molecule has 0 aromatic heterocycles. The second kappa shape index (κ2) is 4.19. The van der Waals surface area contributed by atoms with Crippen molar-refractivity contribution < 1.29 is 13.2 Å². The number of benzene rings is 1. The van der Waals surface area contributed by atoms with Crippen molar-refractivity contribution in [2.45, 2.75) is 12.5 Å². The van der Waals surface area contributed by atoms with Crippen LogP contribution >= 0.6 is 12.4 Å². The largest absolute Gasteiger partial charge is 0.310 e. The van der Waals surface area contributed by atoms with E-state index in [9.17, 15) is 13.2 Å². The molecule has 2 rings (SSSR count). The molecule has 0 radical (unpaired) electrons. The molecule has 1 aliphatic rings. The van der Waals surface area contributed by atoms with Crippen LogP contribution in [0.5, 0.6) is 0 Å². The van der Waals surface area contributed by atoms with Crippen LogP contribution in [0.25, 0.3) is 0 Å². The maximum atomic E-state index is 13.1. The van der Waals surface area contributed by atoms with Crippen LogP contribution in [0, 0.1) is 17.5 Å². The lowest BCUT2D eigenvalue weighted by Crippen LogP contribution is -2.36. The van der Waals surface area contributed by atoms with Crippen LogP contribution in [0.4, 0.5) is 13.2 Å². The quantitative estimate of drug-likeness (QED) is 0.722. The van der Waals surface area contributed by atoms with Crippen molar-refractivity contribution in [2.75, 3.05) is 6.54 Å². The highest BCUT2D eigenvalue weighted by molar-refractivity contribution is 5.85. The summed E-state index contributed by atoms with van der Waals surface area (Å²) in [5.74, 6) is -2.75. The summed E-state index contributed by atoms with van der Waals surface area (Å²) in [6.07, 6.45) is 0.650. The van der Waals surface area contributed by atoms with Crippen LogP contribution in [0.3, 0.4) is 0 Å². The molecule has 0 saturated carbocycles. The van der Waals surface area contributed by atoms with Gasteiger partial charge in [0, 0.05) is 11.6 Å². The first-order valence-corrected chi connectivity index (χ1v) is 4.07. The molecule has 1 atom stereocenters. The first-order valence-electron chi connectivity index (χ1n) is 4.07. The fourth-order valence-electron chi connectivity index (χ4n) is 1.40. The zero-order valence-corrected chi connectivity index (χ0v) is 8.00.